The molecule has 6 heteroatoms. The lowest BCUT2D eigenvalue weighted by molar-refractivity contribution is -0.125. The molecular formula is C15H31Cl2N3O. The van der Waals surface area contributed by atoms with E-state index in [1.807, 2.05) is 0 Å². The van der Waals surface area contributed by atoms with Crippen LogP contribution in [0.15, 0.2) is 0 Å². The first kappa shape index (κ1) is 21.0. The Kier molecular flexibility index (Phi) is 9.17. The number of rotatable bonds is 4. The highest BCUT2D eigenvalue weighted by molar-refractivity contribution is 5.85. The van der Waals surface area contributed by atoms with Crippen LogP contribution in [-0.4, -0.2) is 49.1 Å². The first-order valence-electron chi connectivity index (χ1n) is 7.72. The molecule has 2 unspecified atom stereocenters. The van der Waals surface area contributed by atoms with E-state index in [-0.39, 0.29) is 42.2 Å². The minimum absolute atomic E-state index is 0. The number of hydrogen-bond donors (Lipinski definition) is 2. The summed E-state index contributed by atoms with van der Waals surface area (Å²) in [5.41, 5.74) is 0.0658. The first-order valence-corrected chi connectivity index (χ1v) is 7.72. The van der Waals surface area contributed by atoms with E-state index in [1.165, 1.54) is 12.8 Å². The lowest BCUT2D eigenvalue weighted by Crippen LogP contribution is -2.55. The summed E-state index contributed by atoms with van der Waals surface area (Å²) >= 11 is 0. The Hall–Kier alpha value is -0.0300. The number of nitrogens with one attached hydrogen (secondary N) is 2. The summed E-state index contributed by atoms with van der Waals surface area (Å²) in [6.07, 6.45) is 3.60. The Labute approximate surface area is 141 Å². The first-order chi connectivity index (χ1) is 8.99. The van der Waals surface area contributed by atoms with Crippen LogP contribution in [0.5, 0.6) is 0 Å². The summed E-state index contributed by atoms with van der Waals surface area (Å²) in [7, 11) is 0. The molecule has 2 atom stereocenters. The number of halogens is 2. The monoisotopic (exact) mass is 339 g/mol. The maximum Gasteiger partial charge on any atom is 0.224 e. The summed E-state index contributed by atoms with van der Waals surface area (Å²) in [4.78, 5) is 14.6. The van der Waals surface area contributed by atoms with E-state index in [4.69, 9.17) is 0 Å². The van der Waals surface area contributed by atoms with Crippen molar-refractivity contribution in [1.29, 1.82) is 0 Å². The smallest absolute Gasteiger partial charge is 0.224 e. The van der Waals surface area contributed by atoms with E-state index < -0.39 is 0 Å². The van der Waals surface area contributed by atoms with Gasteiger partial charge in [-0.1, -0.05) is 6.92 Å². The fraction of sp³-hybridized carbons (Fsp3) is 0.933. The average Bonchev–Trinajstić information content (AvgIpc) is 2.90. The van der Waals surface area contributed by atoms with Gasteiger partial charge in [0.1, 0.15) is 0 Å². The fourth-order valence-electron chi connectivity index (χ4n) is 3.18. The lowest BCUT2D eigenvalue weighted by Gasteiger charge is -2.43. The zero-order valence-electron chi connectivity index (χ0n) is 13.5. The SMILES string of the molecule is CC1CCCN(C(C)(C)CNC(=O)C2CCNC2)C1.Cl.Cl. The van der Waals surface area contributed by atoms with Crippen LogP contribution >= 0.6 is 24.8 Å². The van der Waals surface area contributed by atoms with Crippen LogP contribution in [0.3, 0.4) is 0 Å². The van der Waals surface area contributed by atoms with Crippen molar-refractivity contribution in [3.05, 3.63) is 0 Å². The van der Waals surface area contributed by atoms with Crippen LogP contribution in [0.1, 0.15) is 40.0 Å². The van der Waals surface area contributed by atoms with Crippen LogP contribution in [0.4, 0.5) is 0 Å². The molecule has 21 heavy (non-hydrogen) atoms. The standard InChI is InChI=1S/C15H29N3O.2ClH/c1-12-5-4-8-18(10-12)15(2,3)11-17-14(19)13-6-7-16-9-13;;/h12-13,16H,4-11H2,1-3H3,(H,17,19);2*1H. The van der Waals surface area contributed by atoms with Gasteiger partial charge >= 0.3 is 0 Å². The number of hydrogen-bond acceptors (Lipinski definition) is 3. The minimum atomic E-state index is 0. The molecule has 4 nitrogen and oxygen atoms in total. The molecule has 2 saturated heterocycles. The van der Waals surface area contributed by atoms with Gasteiger partial charge in [-0.05, 0) is 52.1 Å². The van der Waals surface area contributed by atoms with Gasteiger partial charge in [0.2, 0.25) is 5.91 Å². The molecule has 2 aliphatic rings. The molecule has 126 valence electrons. The molecule has 0 spiro atoms. The van der Waals surface area contributed by atoms with Gasteiger partial charge in [0.05, 0.1) is 5.92 Å². The molecule has 0 saturated carbocycles. The Morgan fingerprint density at radius 3 is 2.62 bits per heavy atom. The molecule has 0 aromatic heterocycles. The Balaban J connectivity index is 0.00000200. The number of nitrogens with zero attached hydrogens (tertiary/aromatic N) is 1. The van der Waals surface area contributed by atoms with Gasteiger partial charge < -0.3 is 10.6 Å². The van der Waals surface area contributed by atoms with Crippen LogP contribution < -0.4 is 10.6 Å². The predicted octanol–water partition coefficient (Wildman–Crippen LogP) is 2.07. The molecule has 0 aliphatic carbocycles. The second-order valence-electron chi connectivity index (χ2n) is 6.91. The molecule has 2 N–H and O–H groups in total. The van der Waals surface area contributed by atoms with Gasteiger partial charge in [0, 0.05) is 25.2 Å². The van der Waals surface area contributed by atoms with Crippen molar-refractivity contribution in [2.75, 3.05) is 32.7 Å². The predicted molar refractivity (Wildman–Crippen MR) is 92.5 cm³/mol. The summed E-state index contributed by atoms with van der Waals surface area (Å²) in [5, 5.41) is 6.40. The van der Waals surface area contributed by atoms with Gasteiger partial charge in [-0.3, -0.25) is 9.69 Å². The number of amides is 1. The van der Waals surface area contributed by atoms with Gasteiger partial charge in [0.15, 0.2) is 0 Å². The molecule has 2 rings (SSSR count). The van der Waals surface area contributed by atoms with E-state index in [2.05, 4.69) is 36.3 Å². The second-order valence-corrected chi connectivity index (χ2v) is 6.91. The maximum atomic E-state index is 12.1. The molecule has 0 radical (unpaired) electrons. The van der Waals surface area contributed by atoms with Crippen LogP contribution in [-0.2, 0) is 4.79 Å². The summed E-state index contributed by atoms with van der Waals surface area (Å²) < 4.78 is 0. The van der Waals surface area contributed by atoms with Crippen molar-refractivity contribution in [3.63, 3.8) is 0 Å². The van der Waals surface area contributed by atoms with Crippen LogP contribution in [0.2, 0.25) is 0 Å². The van der Waals surface area contributed by atoms with E-state index in [0.717, 1.165) is 45.1 Å². The number of likely N-dealkylation sites (tertiary alicyclic amines) is 1. The Morgan fingerprint density at radius 1 is 1.33 bits per heavy atom. The normalized spacial score (nSPS) is 26.6. The van der Waals surface area contributed by atoms with Crippen molar-refractivity contribution in [3.8, 4) is 0 Å². The minimum Gasteiger partial charge on any atom is -0.354 e. The van der Waals surface area contributed by atoms with Crippen molar-refractivity contribution >= 4 is 30.7 Å². The molecule has 2 heterocycles. The van der Waals surface area contributed by atoms with Crippen LogP contribution in [0.25, 0.3) is 0 Å². The van der Waals surface area contributed by atoms with Crippen molar-refractivity contribution in [2.45, 2.75) is 45.6 Å². The highest BCUT2D eigenvalue weighted by Gasteiger charge is 2.31. The van der Waals surface area contributed by atoms with Gasteiger partial charge in [-0.2, -0.15) is 0 Å². The Bertz CT molecular complexity index is 320. The van der Waals surface area contributed by atoms with E-state index >= 15 is 0 Å². The second kappa shape index (κ2) is 9.19. The molecule has 0 aromatic rings. The molecular weight excluding hydrogens is 309 g/mol. The third-order valence-electron chi connectivity index (χ3n) is 4.64. The van der Waals surface area contributed by atoms with Crippen molar-refractivity contribution < 1.29 is 4.79 Å². The summed E-state index contributed by atoms with van der Waals surface area (Å²) in [6, 6.07) is 0. The maximum absolute atomic E-state index is 12.1. The topological polar surface area (TPSA) is 44.4 Å². The summed E-state index contributed by atoms with van der Waals surface area (Å²) in [5.74, 6) is 1.18. The lowest BCUT2D eigenvalue weighted by atomic mass is 9.93. The zero-order valence-corrected chi connectivity index (χ0v) is 15.1. The quantitative estimate of drug-likeness (QED) is 0.823. The van der Waals surface area contributed by atoms with Gasteiger partial charge in [-0.15, -0.1) is 24.8 Å². The molecule has 2 fully saturated rings. The molecule has 0 bridgehead atoms. The zero-order chi connectivity index (χ0) is 13.9. The van der Waals surface area contributed by atoms with Crippen molar-refractivity contribution in [2.24, 2.45) is 11.8 Å². The third kappa shape index (κ3) is 5.93. The number of piperidine rings is 1. The highest BCUT2D eigenvalue weighted by Crippen LogP contribution is 2.23. The Morgan fingerprint density at radius 2 is 2.05 bits per heavy atom. The number of carbonyl (C=O) groups excluding carboxylic acids is 1. The summed E-state index contributed by atoms with van der Waals surface area (Å²) in [6.45, 7) is 11.7. The van der Waals surface area contributed by atoms with Gasteiger partial charge in [0.25, 0.3) is 0 Å². The van der Waals surface area contributed by atoms with E-state index in [0.29, 0.717) is 0 Å². The highest BCUT2D eigenvalue weighted by atomic mass is 35.5. The third-order valence-corrected chi connectivity index (χ3v) is 4.64. The largest absolute Gasteiger partial charge is 0.354 e. The molecule has 1 amide bonds. The fourth-order valence-corrected chi connectivity index (χ4v) is 3.18. The van der Waals surface area contributed by atoms with Gasteiger partial charge in [-0.25, -0.2) is 0 Å². The van der Waals surface area contributed by atoms with E-state index in [1.54, 1.807) is 0 Å². The molecule has 2 aliphatic heterocycles. The average molecular weight is 340 g/mol. The van der Waals surface area contributed by atoms with E-state index in [9.17, 15) is 4.79 Å². The van der Waals surface area contributed by atoms with Crippen LogP contribution in [0, 0.1) is 11.8 Å². The number of carbonyl (C=O) groups is 1. The molecule has 0 aromatic carbocycles. The van der Waals surface area contributed by atoms with Crippen molar-refractivity contribution in [1.82, 2.24) is 15.5 Å².